The summed E-state index contributed by atoms with van der Waals surface area (Å²) in [5.41, 5.74) is 7.05. The quantitative estimate of drug-likeness (QED) is 0.791. The molecular weight excluding hydrogens is 264 g/mol. The highest BCUT2D eigenvalue weighted by Crippen LogP contribution is 2.23. The van der Waals surface area contributed by atoms with E-state index in [4.69, 9.17) is 10.5 Å². The molecule has 1 aromatic rings. The SMILES string of the molecule is Cc1ccccc1OCCCNC(=O)C1CCCC(N)C1. The summed E-state index contributed by atoms with van der Waals surface area (Å²) in [7, 11) is 0. The van der Waals surface area contributed by atoms with Gasteiger partial charge < -0.3 is 15.8 Å². The average Bonchev–Trinajstić information content (AvgIpc) is 2.48. The molecule has 2 atom stereocenters. The van der Waals surface area contributed by atoms with Crippen LogP contribution in [0, 0.1) is 12.8 Å². The molecule has 1 amide bonds. The van der Waals surface area contributed by atoms with Gasteiger partial charge in [0.15, 0.2) is 0 Å². The van der Waals surface area contributed by atoms with E-state index in [2.05, 4.69) is 5.32 Å². The fraction of sp³-hybridized carbons (Fsp3) is 0.588. The summed E-state index contributed by atoms with van der Waals surface area (Å²) in [5.74, 6) is 1.18. The molecule has 1 aliphatic carbocycles. The molecule has 0 bridgehead atoms. The van der Waals surface area contributed by atoms with Gasteiger partial charge in [0.25, 0.3) is 0 Å². The van der Waals surface area contributed by atoms with Crippen molar-refractivity contribution < 1.29 is 9.53 Å². The molecule has 0 radical (unpaired) electrons. The Hall–Kier alpha value is -1.55. The summed E-state index contributed by atoms with van der Waals surface area (Å²) in [6.45, 7) is 3.31. The normalized spacial score (nSPS) is 21.8. The van der Waals surface area contributed by atoms with Crippen LogP contribution in [-0.2, 0) is 4.79 Å². The molecule has 3 N–H and O–H groups in total. The molecule has 0 heterocycles. The minimum atomic E-state index is 0.103. The molecule has 1 saturated carbocycles. The van der Waals surface area contributed by atoms with Crippen molar-refractivity contribution in [1.82, 2.24) is 5.32 Å². The van der Waals surface area contributed by atoms with Crippen molar-refractivity contribution in [1.29, 1.82) is 0 Å². The summed E-state index contributed by atoms with van der Waals surface area (Å²) < 4.78 is 5.71. The van der Waals surface area contributed by atoms with Crippen LogP contribution in [-0.4, -0.2) is 25.1 Å². The number of hydrogen-bond acceptors (Lipinski definition) is 3. The minimum Gasteiger partial charge on any atom is -0.493 e. The molecule has 0 spiro atoms. The van der Waals surface area contributed by atoms with Crippen LogP contribution in [0.3, 0.4) is 0 Å². The van der Waals surface area contributed by atoms with Gasteiger partial charge >= 0.3 is 0 Å². The summed E-state index contributed by atoms with van der Waals surface area (Å²) in [6.07, 6.45) is 4.73. The summed E-state index contributed by atoms with van der Waals surface area (Å²) in [6, 6.07) is 8.16. The Morgan fingerprint density at radius 3 is 2.95 bits per heavy atom. The second kappa shape index (κ2) is 8.03. The number of hydrogen-bond donors (Lipinski definition) is 2. The molecule has 2 rings (SSSR count). The molecule has 4 nitrogen and oxygen atoms in total. The fourth-order valence-corrected chi connectivity index (χ4v) is 2.79. The van der Waals surface area contributed by atoms with Gasteiger partial charge in [-0.15, -0.1) is 0 Å². The lowest BCUT2D eigenvalue weighted by Gasteiger charge is -2.25. The third-order valence-corrected chi connectivity index (χ3v) is 4.06. The predicted molar refractivity (Wildman–Crippen MR) is 84.2 cm³/mol. The molecule has 1 aromatic carbocycles. The maximum Gasteiger partial charge on any atom is 0.223 e. The number of amides is 1. The molecule has 116 valence electrons. The van der Waals surface area contributed by atoms with Crippen LogP contribution in [0.4, 0.5) is 0 Å². The van der Waals surface area contributed by atoms with Crippen LogP contribution in [0.15, 0.2) is 24.3 Å². The van der Waals surface area contributed by atoms with E-state index in [9.17, 15) is 4.79 Å². The molecular formula is C17H26N2O2. The van der Waals surface area contributed by atoms with Crippen molar-refractivity contribution in [3.05, 3.63) is 29.8 Å². The zero-order valence-electron chi connectivity index (χ0n) is 12.8. The van der Waals surface area contributed by atoms with Gasteiger partial charge in [-0.25, -0.2) is 0 Å². The van der Waals surface area contributed by atoms with Gasteiger partial charge in [-0.05, 0) is 44.2 Å². The summed E-state index contributed by atoms with van der Waals surface area (Å²) in [4.78, 5) is 12.0. The highest BCUT2D eigenvalue weighted by molar-refractivity contribution is 5.78. The van der Waals surface area contributed by atoms with E-state index in [0.717, 1.165) is 43.4 Å². The van der Waals surface area contributed by atoms with E-state index in [0.29, 0.717) is 13.2 Å². The van der Waals surface area contributed by atoms with Crippen molar-refractivity contribution in [3.8, 4) is 5.75 Å². The molecule has 1 fully saturated rings. The Labute approximate surface area is 127 Å². The highest BCUT2D eigenvalue weighted by atomic mass is 16.5. The first-order chi connectivity index (χ1) is 10.2. The average molecular weight is 290 g/mol. The first-order valence-electron chi connectivity index (χ1n) is 7.88. The third kappa shape index (κ3) is 5.05. The zero-order chi connectivity index (χ0) is 15.1. The maximum absolute atomic E-state index is 12.0. The second-order valence-corrected chi connectivity index (χ2v) is 5.88. The summed E-state index contributed by atoms with van der Waals surface area (Å²) >= 11 is 0. The monoisotopic (exact) mass is 290 g/mol. The second-order valence-electron chi connectivity index (χ2n) is 5.88. The molecule has 1 aliphatic rings. The van der Waals surface area contributed by atoms with E-state index >= 15 is 0 Å². The number of aryl methyl sites for hydroxylation is 1. The maximum atomic E-state index is 12.0. The van der Waals surface area contributed by atoms with Crippen molar-refractivity contribution in [2.45, 2.75) is 45.1 Å². The number of nitrogens with one attached hydrogen (secondary N) is 1. The fourth-order valence-electron chi connectivity index (χ4n) is 2.79. The lowest BCUT2D eigenvalue weighted by atomic mass is 9.85. The van der Waals surface area contributed by atoms with E-state index in [1.54, 1.807) is 0 Å². The summed E-state index contributed by atoms with van der Waals surface area (Å²) in [5, 5.41) is 3.00. The zero-order valence-corrected chi connectivity index (χ0v) is 12.8. The number of nitrogens with two attached hydrogens (primary N) is 1. The van der Waals surface area contributed by atoms with Crippen LogP contribution >= 0.6 is 0 Å². The van der Waals surface area contributed by atoms with Crippen LogP contribution in [0.2, 0.25) is 0 Å². The van der Waals surface area contributed by atoms with Gasteiger partial charge in [0, 0.05) is 18.5 Å². The van der Waals surface area contributed by atoms with Gasteiger partial charge in [-0.3, -0.25) is 4.79 Å². The minimum absolute atomic E-state index is 0.103. The number of ether oxygens (including phenoxy) is 1. The van der Waals surface area contributed by atoms with Gasteiger partial charge in [-0.1, -0.05) is 24.6 Å². The number of benzene rings is 1. The topological polar surface area (TPSA) is 64.3 Å². The van der Waals surface area contributed by atoms with Crippen molar-refractivity contribution in [3.63, 3.8) is 0 Å². The Bertz CT molecular complexity index is 462. The van der Waals surface area contributed by atoms with Gasteiger partial charge in [0.1, 0.15) is 5.75 Å². The Morgan fingerprint density at radius 1 is 1.38 bits per heavy atom. The lowest BCUT2D eigenvalue weighted by molar-refractivity contribution is -0.126. The number of para-hydroxylation sites is 1. The van der Waals surface area contributed by atoms with E-state index in [1.165, 1.54) is 0 Å². The molecule has 0 aliphatic heterocycles. The highest BCUT2D eigenvalue weighted by Gasteiger charge is 2.24. The van der Waals surface area contributed by atoms with Crippen LogP contribution in [0.1, 0.15) is 37.7 Å². The Kier molecular flexibility index (Phi) is 6.05. The predicted octanol–water partition coefficient (Wildman–Crippen LogP) is 2.40. The molecule has 0 aromatic heterocycles. The van der Waals surface area contributed by atoms with Crippen LogP contribution < -0.4 is 15.8 Å². The van der Waals surface area contributed by atoms with Gasteiger partial charge in [0.2, 0.25) is 5.91 Å². The van der Waals surface area contributed by atoms with Crippen LogP contribution in [0.25, 0.3) is 0 Å². The first-order valence-corrected chi connectivity index (χ1v) is 7.88. The first kappa shape index (κ1) is 15.8. The Balaban J connectivity index is 1.61. The van der Waals surface area contributed by atoms with Crippen molar-refractivity contribution in [2.75, 3.05) is 13.2 Å². The lowest BCUT2D eigenvalue weighted by Crippen LogP contribution is -2.38. The van der Waals surface area contributed by atoms with E-state index in [-0.39, 0.29) is 17.9 Å². The van der Waals surface area contributed by atoms with Crippen LogP contribution in [0.5, 0.6) is 5.75 Å². The van der Waals surface area contributed by atoms with Crippen molar-refractivity contribution >= 4 is 5.91 Å². The van der Waals surface area contributed by atoms with E-state index < -0.39 is 0 Å². The third-order valence-electron chi connectivity index (χ3n) is 4.06. The van der Waals surface area contributed by atoms with Gasteiger partial charge in [0.05, 0.1) is 6.61 Å². The Morgan fingerprint density at radius 2 is 2.19 bits per heavy atom. The van der Waals surface area contributed by atoms with E-state index in [1.807, 2.05) is 31.2 Å². The largest absolute Gasteiger partial charge is 0.493 e. The molecule has 21 heavy (non-hydrogen) atoms. The standard InChI is InChI=1S/C17H26N2O2/c1-13-6-2-3-9-16(13)21-11-5-10-19-17(20)14-7-4-8-15(18)12-14/h2-3,6,9,14-15H,4-5,7-8,10-12,18H2,1H3,(H,19,20). The molecule has 4 heteroatoms. The number of rotatable bonds is 6. The number of carbonyl (C=O) groups excluding carboxylic acids is 1. The smallest absolute Gasteiger partial charge is 0.223 e. The molecule has 0 saturated heterocycles. The van der Waals surface area contributed by atoms with Gasteiger partial charge in [-0.2, -0.15) is 0 Å². The molecule has 2 unspecified atom stereocenters. The number of carbonyl (C=O) groups is 1. The van der Waals surface area contributed by atoms with Crippen molar-refractivity contribution in [2.24, 2.45) is 11.7 Å².